The lowest BCUT2D eigenvalue weighted by Crippen LogP contribution is -2.16. The molecule has 0 N–H and O–H groups in total. The molecule has 93 valence electrons. The molecule has 0 aromatic heterocycles. The Kier molecular flexibility index (Phi) is 5.72. The van der Waals surface area contributed by atoms with Crippen LogP contribution in [0.5, 0.6) is 0 Å². The zero-order valence-corrected chi connectivity index (χ0v) is 11.0. The van der Waals surface area contributed by atoms with Gasteiger partial charge >= 0.3 is 0 Å². The molecule has 2 aliphatic carbocycles. The van der Waals surface area contributed by atoms with Crippen LogP contribution < -0.4 is 0 Å². The van der Waals surface area contributed by atoms with Gasteiger partial charge in [-0.25, -0.2) is 0 Å². The summed E-state index contributed by atoms with van der Waals surface area (Å²) in [5.41, 5.74) is 0. The fourth-order valence-electron chi connectivity index (χ4n) is 3.63. The molecule has 0 atom stereocenters. The summed E-state index contributed by atoms with van der Waals surface area (Å²) in [4.78, 5) is 0. The van der Waals surface area contributed by atoms with Gasteiger partial charge in [0, 0.05) is 0 Å². The third-order valence-electron chi connectivity index (χ3n) is 4.68. The maximum Gasteiger partial charge on any atom is -0.0210 e. The van der Waals surface area contributed by atoms with Crippen molar-refractivity contribution in [2.24, 2.45) is 5.92 Å². The highest BCUT2D eigenvalue weighted by Gasteiger charge is 2.23. The van der Waals surface area contributed by atoms with E-state index in [0.29, 0.717) is 0 Å². The second kappa shape index (κ2) is 7.35. The summed E-state index contributed by atoms with van der Waals surface area (Å²) in [7, 11) is 0. The van der Waals surface area contributed by atoms with E-state index in [9.17, 15) is 0 Å². The van der Waals surface area contributed by atoms with Gasteiger partial charge < -0.3 is 0 Å². The van der Waals surface area contributed by atoms with Crippen LogP contribution in [0.1, 0.15) is 89.9 Å². The van der Waals surface area contributed by atoms with Crippen LogP contribution in [-0.4, -0.2) is 0 Å². The van der Waals surface area contributed by atoms with Gasteiger partial charge in [0.2, 0.25) is 0 Å². The molecule has 2 rings (SSSR count). The molecule has 0 spiro atoms. The molecule has 0 heteroatoms. The van der Waals surface area contributed by atoms with Crippen LogP contribution in [0.25, 0.3) is 0 Å². The second-order valence-electron chi connectivity index (χ2n) is 5.97. The minimum Gasteiger partial charge on any atom is -0.0533 e. The van der Waals surface area contributed by atoms with Gasteiger partial charge in [0.1, 0.15) is 0 Å². The molecule has 2 aliphatic rings. The van der Waals surface area contributed by atoms with Crippen LogP contribution in [0.15, 0.2) is 0 Å². The van der Waals surface area contributed by atoms with Crippen molar-refractivity contribution < 1.29 is 0 Å². The van der Waals surface area contributed by atoms with Crippen molar-refractivity contribution in [3.63, 3.8) is 0 Å². The van der Waals surface area contributed by atoms with Gasteiger partial charge in [-0.2, -0.15) is 0 Å². The van der Waals surface area contributed by atoms with Crippen molar-refractivity contribution in [1.82, 2.24) is 0 Å². The lowest BCUT2D eigenvalue weighted by Gasteiger charge is -2.30. The van der Waals surface area contributed by atoms with E-state index in [2.05, 4.69) is 0 Å². The van der Waals surface area contributed by atoms with Crippen molar-refractivity contribution in [3.8, 4) is 0 Å². The highest BCUT2D eigenvalue weighted by Crippen LogP contribution is 2.37. The third kappa shape index (κ3) is 4.11. The molecule has 2 fully saturated rings. The molecule has 0 unspecified atom stereocenters. The summed E-state index contributed by atoms with van der Waals surface area (Å²) >= 11 is 0. The van der Waals surface area contributed by atoms with E-state index in [1.165, 1.54) is 89.9 Å². The SMILES string of the molecule is C1CCCC[C](C2CCCCC2)CCCC1. The second-order valence-corrected chi connectivity index (χ2v) is 5.97. The first-order valence-corrected chi connectivity index (χ1v) is 7.81. The fourth-order valence-corrected chi connectivity index (χ4v) is 3.63. The monoisotopic (exact) mass is 221 g/mol. The Morgan fingerprint density at radius 3 is 1.50 bits per heavy atom. The van der Waals surface area contributed by atoms with E-state index in [-0.39, 0.29) is 0 Å². The van der Waals surface area contributed by atoms with E-state index < -0.39 is 0 Å². The Morgan fingerprint density at radius 2 is 0.938 bits per heavy atom. The first-order chi connectivity index (χ1) is 7.97. The maximum absolute atomic E-state index is 1.97. The predicted octanol–water partition coefficient (Wildman–Crippen LogP) is 5.67. The molecule has 0 aromatic rings. The van der Waals surface area contributed by atoms with Crippen LogP contribution in [0.2, 0.25) is 0 Å². The van der Waals surface area contributed by atoms with E-state index in [1.807, 2.05) is 5.92 Å². The molecule has 0 aromatic carbocycles. The summed E-state index contributed by atoms with van der Waals surface area (Å²) in [6.07, 6.45) is 21.0. The molecule has 16 heavy (non-hydrogen) atoms. The van der Waals surface area contributed by atoms with Crippen molar-refractivity contribution in [1.29, 1.82) is 0 Å². The zero-order valence-electron chi connectivity index (χ0n) is 11.0. The van der Waals surface area contributed by atoms with Crippen molar-refractivity contribution in [2.45, 2.75) is 89.9 Å². The van der Waals surface area contributed by atoms with Gasteiger partial charge in [-0.1, -0.05) is 64.2 Å². The Labute approximate surface area is 102 Å². The molecule has 0 amide bonds. The topological polar surface area (TPSA) is 0 Å². The van der Waals surface area contributed by atoms with Crippen LogP contribution in [0, 0.1) is 11.8 Å². The standard InChI is InChI=1S/C16H29/c1-2-4-7-11-15(12-8-5-3-1)16-13-9-6-10-14-16/h16H,1-14H2. The lowest BCUT2D eigenvalue weighted by molar-refractivity contribution is 0.333. The highest BCUT2D eigenvalue weighted by atomic mass is 14.3. The van der Waals surface area contributed by atoms with Gasteiger partial charge in [0.05, 0.1) is 0 Å². The molecule has 0 heterocycles. The molecule has 0 nitrogen and oxygen atoms in total. The van der Waals surface area contributed by atoms with E-state index in [4.69, 9.17) is 0 Å². The molecule has 1 radical (unpaired) electrons. The van der Waals surface area contributed by atoms with Gasteiger partial charge in [-0.05, 0) is 37.5 Å². The Morgan fingerprint density at radius 1 is 0.500 bits per heavy atom. The quantitative estimate of drug-likeness (QED) is 0.535. The lowest BCUT2D eigenvalue weighted by atomic mass is 9.75. The number of hydrogen-bond donors (Lipinski definition) is 0. The largest absolute Gasteiger partial charge is 0.0533 e. The molecule has 0 saturated heterocycles. The zero-order chi connectivity index (χ0) is 11.1. The summed E-state index contributed by atoms with van der Waals surface area (Å²) in [5.74, 6) is 3.01. The summed E-state index contributed by atoms with van der Waals surface area (Å²) in [6.45, 7) is 0. The van der Waals surface area contributed by atoms with Gasteiger partial charge in [0.25, 0.3) is 0 Å². The average molecular weight is 221 g/mol. The minimum absolute atomic E-state index is 1.04. The molecule has 0 aliphatic heterocycles. The van der Waals surface area contributed by atoms with E-state index >= 15 is 0 Å². The maximum atomic E-state index is 1.97. The van der Waals surface area contributed by atoms with E-state index in [1.54, 1.807) is 0 Å². The predicted molar refractivity (Wildman–Crippen MR) is 71.4 cm³/mol. The Hall–Kier alpha value is 0. The minimum atomic E-state index is 1.04. The third-order valence-corrected chi connectivity index (χ3v) is 4.68. The first kappa shape index (κ1) is 12.5. The number of hydrogen-bond acceptors (Lipinski definition) is 0. The van der Waals surface area contributed by atoms with Crippen molar-refractivity contribution >= 4 is 0 Å². The Balaban J connectivity index is 1.78. The van der Waals surface area contributed by atoms with Crippen molar-refractivity contribution in [3.05, 3.63) is 5.92 Å². The number of rotatable bonds is 1. The highest BCUT2D eigenvalue weighted by molar-refractivity contribution is 4.97. The molecular weight excluding hydrogens is 192 g/mol. The molecule has 0 bridgehead atoms. The summed E-state index contributed by atoms with van der Waals surface area (Å²) in [5, 5.41) is 0. The first-order valence-electron chi connectivity index (χ1n) is 7.81. The summed E-state index contributed by atoms with van der Waals surface area (Å²) in [6, 6.07) is 0. The van der Waals surface area contributed by atoms with Gasteiger partial charge in [-0.3, -0.25) is 0 Å². The molecule has 2 saturated carbocycles. The Bertz CT molecular complexity index is 157. The normalized spacial score (nSPS) is 27.8. The van der Waals surface area contributed by atoms with Crippen LogP contribution >= 0.6 is 0 Å². The fraction of sp³-hybridized carbons (Fsp3) is 0.938. The average Bonchev–Trinajstić information content (AvgIpc) is 2.37. The van der Waals surface area contributed by atoms with Crippen molar-refractivity contribution in [2.75, 3.05) is 0 Å². The van der Waals surface area contributed by atoms with E-state index in [0.717, 1.165) is 5.92 Å². The van der Waals surface area contributed by atoms with Crippen LogP contribution in [0.3, 0.4) is 0 Å². The van der Waals surface area contributed by atoms with Gasteiger partial charge in [-0.15, -0.1) is 0 Å². The summed E-state index contributed by atoms with van der Waals surface area (Å²) < 4.78 is 0. The smallest absolute Gasteiger partial charge is 0.0210 e. The molecular formula is C16H29. The van der Waals surface area contributed by atoms with Crippen LogP contribution in [0.4, 0.5) is 0 Å². The van der Waals surface area contributed by atoms with Crippen LogP contribution in [-0.2, 0) is 0 Å². The van der Waals surface area contributed by atoms with Gasteiger partial charge in [0.15, 0.2) is 0 Å².